The van der Waals surface area contributed by atoms with Gasteiger partial charge in [-0.15, -0.1) is 0 Å². The van der Waals surface area contributed by atoms with Crippen molar-refractivity contribution in [2.24, 2.45) is 0 Å². The van der Waals surface area contributed by atoms with Crippen molar-refractivity contribution in [2.45, 2.75) is 0 Å². The Morgan fingerprint density at radius 1 is 1.07 bits per heavy atom. The van der Waals surface area contributed by atoms with E-state index in [-0.39, 0.29) is 17.9 Å². The van der Waals surface area contributed by atoms with Crippen LogP contribution in [-0.2, 0) is 14.3 Å². The number of likely N-dealkylation sites (N-methyl/N-ethyl adjacent to an activating group) is 1. The maximum absolute atomic E-state index is 13.6. The molecule has 0 spiro atoms. The Bertz CT molecular complexity index is 902. The first kappa shape index (κ1) is 21.7. The van der Waals surface area contributed by atoms with E-state index in [1.54, 1.807) is 24.3 Å². The second kappa shape index (κ2) is 10.1. The minimum atomic E-state index is -0.867. The fourth-order valence-electron chi connectivity index (χ4n) is 2.32. The molecule has 0 radical (unpaired) electrons. The van der Waals surface area contributed by atoms with Crippen molar-refractivity contribution in [1.82, 2.24) is 4.90 Å². The molecule has 0 saturated heterocycles. The molecule has 0 saturated carbocycles. The maximum atomic E-state index is 13.6. The molecule has 0 unspecified atom stereocenters. The van der Waals surface area contributed by atoms with Crippen molar-refractivity contribution in [2.75, 3.05) is 39.7 Å². The van der Waals surface area contributed by atoms with E-state index in [1.165, 1.54) is 33.4 Å². The Morgan fingerprint density at radius 2 is 1.83 bits per heavy atom. The summed E-state index contributed by atoms with van der Waals surface area (Å²) in [7, 11) is 4.21. The van der Waals surface area contributed by atoms with E-state index in [0.717, 1.165) is 11.0 Å². The topological polar surface area (TPSA) is 94.2 Å². The van der Waals surface area contributed by atoms with Gasteiger partial charge in [-0.2, -0.15) is 0 Å². The number of amides is 2. The first-order chi connectivity index (χ1) is 13.8. The lowest BCUT2D eigenvalue weighted by Gasteiger charge is -2.17. The molecule has 9 heteroatoms. The lowest BCUT2D eigenvalue weighted by atomic mass is 10.2. The zero-order valence-electron chi connectivity index (χ0n) is 16.2. The van der Waals surface area contributed by atoms with Crippen LogP contribution < -0.4 is 14.8 Å². The Kier molecular flexibility index (Phi) is 7.53. The van der Waals surface area contributed by atoms with Crippen LogP contribution in [0, 0.1) is 5.82 Å². The molecule has 154 valence electrons. The van der Waals surface area contributed by atoms with Gasteiger partial charge in [0.2, 0.25) is 5.91 Å². The first-order valence-electron chi connectivity index (χ1n) is 8.52. The van der Waals surface area contributed by atoms with E-state index in [2.05, 4.69) is 5.32 Å². The number of esters is 1. The standard InChI is InChI=1S/C20H21FN2O6/c1-23(11-18(24)22-14-5-4-6-15(10-14)27-2)19(25)12-29-20(26)13-7-8-17(28-3)16(21)9-13/h4-10H,11-12H2,1-3H3,(H,22,24). The van der Waals surface area contributed by atoms with Crippen molar-refractivity contribution in [3.63, 3.8) is 0 Å². The number of ether oxygens (including phenoxy) is 3. The summed E-state index contributed by atoms with van der Waals surface area (Å²) in [5, 5.41) is 2.64. The summed E-state index contributed by atoms with van der Waals surface area (Å²) in [5.74, 6) is -2.05. The minimum Gasteiger partial charge on any atom is -0.497 e. The summed E-state index contributed by atoms with van der Waals surface area (Å²) in [4.78, 5) is 37.2. The summed E-state index contributed by atoms with van der Waals surface area (Å²) in [6.07, 6.45) is 0. The number of hydrogen-bond donors (Lipinski definition) is 1. The molecule has 8 nitrogen and oxygen atoms in total. The van der Waals surface area contributed by atoms with Gasteiger partial charge in [0.05, 0.1) is 26.3 Å². The van der Waals surface area contributed by atoms with Crippen LogP contribution in [0.1, 0.15) is 10.4 Å². The van der Waals surface area contributed by atoms with Crippen LogP contribution in [0.2, 0.25) is 0 Å². The fourth-order valence-corrected chi connectivity index (χ4v) is 2.32. The number of halogens is 1. The summed E-state index contributed by atoms with van der Waals surface area (Å²) >= 11 is 0. The number of benzene rings is 2. The molecule has 0 aliphatic heterocycles. The van der Waals surface area contributed by atoms with E-state index in [4.69, 9.17) is 14.2 Å². The van der Waals surface area contributed by atoms with Crippen molar-refractivity contribution in [3.8, 4) is 11.5 Å². The molecule has 2 aromatic rings. The third-order valence-corrected chi connectivity index (χ3v) is 3.87. The SMILES string of the molecule is COc1cccc(NC(=O)CN(C)C(=O)COC(=O)c2ccc(OC)c(F)c2)c1. The number of hydrogen-bond acceptors (Lipinski definition) is 6. The highest BCUT2D eigenvalue weighted by Gasteiger charge is 2.17. The van der Waals surface area contributed by atoms with Gasteiger partial charge in [-0.25, -0.2) is 9.18 Å². The van der Waals surface area contributed by atoms with E-state index >= 15 is 0 Å². The molecule has 29 heavy (non-hydrogen) atoms. The van der Waals surface area contributed by atoms with E-state index in [0.29, 0.717) is 11.4 Å². The molecule has 2 aromatic carbocycles. The van der Waals surface area contributed by atoms with Gasteiger partial charge in [0.15, 0.2) is 18.2 Å². The van der Waals surface area contributed by atoms with E-state index in [1.807, 2.05) is 0 Å². The molecule has 0 aliphatic carbocycles. The molecule has 0 heterocycles. The number of anilines is 1. The monoisotopic (exact) mass is 404 g/mol. The minimum absolute atomic E-state index is 0.0144. The van der Waals surface area contributed by atoms with Crippen LogP contribution >= 0.6 is 0 Å². The zero-order valence-corrected chi connectivity index (χ0v) is 16.2. The van der Waals surface area contributed by atoms with Crippen molar-refractivity contribution in [1.29, 1.82) is 0 Å². The molecule has 2 amide bonds. The number of rotatable bonds is 8. The summed E-state index contributed by atoms with van der Waals surface area (Å²) < 4.78 is 28.4. The van der Waals surface area contributed by atoms with Crippen LogP contribution in [0.3, 0.4) is 0 Å². The average Bonchev–Trinajstić information content (AvgIpc) is 2.71. The van der Waals surface area contributed by atoms with Gasteiger partial charge in [-0.3, -0.25) is 9.59 Å². The van der Waals surface area contributed by atoms with E-state index < -0.39 is 30.2 Å². The van der Waals surface area contributed by atoms with Crippen LogP contribution in [0.25, 0.3) is 0 Å². The van der Waals surface area contributed by atoms with Crippen molar-refractivity contribution in [3.05, 3.63) is 53.8 Å². The van der Waals surface area contributed by atoms with Crippen LogP contribution in [0.5, 0.6) is 11.5 Å². The third kappa shape index (κ3) is 6.20. The zero-order chi connectivity index (χ0) is 21.4. The summed E-state index contributed by atoms with van der Waals surface area (Å²) in [6, 6.07) is 10.3. The average molecular weight is 404 g/mol. The molecule has 0 bridgehead atoms. The predicted octanol–water partition coefficient (Wildman–Crippen LogP) is 2.10. The summed E-state index contributed by atoms with van der Waals surface area (Å²) in [5.41, 5.74) is 0.456. The molecule has 0 atom stereocenters. The molecule has 2 rings (SSSR count). The number of carbonyl (C=O) groups excluding carboxylic acids is 3. The molecule has 0 fully saturated rings. The number of methoxy groups -OCH3 is 2. The smallest absolute Gasteiger partial charge is 0.338 e. The number of carbonyl (C=O) groups is 3. The second-order valence-corrected chi connectivity index (χ2v) is 5.96. The first-order valence-corrected chi connectivity index (χ1v) is 8.52. The molecular weight excluding hydrogens is 383 g/mol. The van der Waals surface area contributed by atoms with Gasteiger partial charge in [-0.1, -0.05) is 6.07 Å². The largest absolute Gasteiger partial charge is 0.497 e. The third-order valence-electron chi connectivity index (χ3n) is 3.87. The molecule has 0 aliphatic rings. The van der Waals surface area contributed by atoms with Crippen LogP contribution in [0.4, 0.5) is 10.1 Å². The van der Waals surface area contributed by atoms with Crippen LogP contribution in [-0.4, -0.2) is 57.1 Å². The number of nitrogens with one attached hydrogen (secondary N) is 1. The Morgan fingerprint density at radius 3 is 2.48 bits per heavy atom. The predicted molar refractivity (Wildman–Crippen MR) is 102 cm³/mol. The van der Waals surface area contributed by atoms with E-state index in [9.17, 15) is 18.8 Å². The van der Waals surface area contributed by atoms with Gasteiger partial charge in [0, 0.05) is 18.8 Å². The van der Waals surface area contributed by atoms with Gasteiger partial charge >= 0.3 is 5.97 Å². The normalized spacial score (nSPS) is 10.1. The van der Waals surface area contributed by atoms with Gasteiger partial charge in [0.25, 0.3) is 5.91 Å². The quantitative estimate of drug-likeness (QED) is 0.677. The molecule has 0 aromatic heterocycles. The Balaban J connectivity index is 1.84. The second-order valence-electron chi connectivity index (χ2n) is 5.96. The maximum Gasteiger partial charge on any atom is 0.338 e. The molecule has 1 N–H and O–H groups in total. The number of nitrogens with zero attached hydrogens (tertiary/aromatic N) is 1. The highest BCUT2D eigenvalue weighted by atomic mass is 19.1. The highest BCUT2D eigenvalue weighted by Crippen LogP contribution is 2.18. The van der Waals surface area contributed by atoms with Gasteiger partial charge in [0.1, 0.15) is 5.75 Å². The van der Waals surface area contributed by atoms with Crippen LogP contribution in [0.15, 0.2) is 42.5 Å². The van der Waals surface area contributed by atoms with Gasteiger partial charge in [-0.05, 0) is 30.3 Å². The molecular formula is C20H21FN2O6. The summed E-state index contributed by atoms with van der Waals surface area (Å²) in [6.45, 7) is -0.833. The van der Waals surface area contributed by atoms with Crippen molar-refractivity contribution < 1.29 is 33.0 Å². The van der Waals surface area contributed by atoms with Gasteiger partial charge < -0.3 is 24.4 Å². The van der Waals surface area contributed by atoms with Crippen molar-refractivity contribution >= 4 is 23.5 Å². The Hall–Kier alpha value is -3.62. The highest BCUT2D eigenvalue weighted by molar-refractivity contribution is 5.95. The fraction of sp³-hybridized carbons (Fsp3) is 0.250. The lowest BCUT2D eigenvalue weighted by Crippen LogP contribution is -2.37. The lowest BCUT2D eigenvalue weighted by molar-refractivity contribution is -0.136. The Labute approximate surface area is 167 Å².